The van der Waals surface area contributed by atoms with Crippen LogP contribution in [0.2, 0.25) is 0 Å². The lowest BCUT2D eigenvalue weighted by Gasteiger charge is -2.17. The fourth-order valence-corrected chi connectivity index (χ4v) is 1.80. The van der Waals surface area contributed by atoms with Crippen LogP contribution >= 0.6 is 0 Å². The van der Waals surface area contributed by atoms with Crippen LogP contribution in [0.4, 0.5) is 23.7 Å². The molecule has 1 aliphatic rings. The monoisotopic (exact) mass is 244 g/mol. The van der Waals surface area contributed by atoms with Gasteiger partial charge in [0.2, 0.25) is 0 Å². The molecule has 0 spiro atoms. The molecule has 6 heteroatoms. The van der Waals surface area contributed by atoms with E-state index in [0.717, 1.165) is 6.07 Å². The fraction of sp³-hybridized carbons (Fsp3) is 0.364. The standard InChI is InChI=1S/C11H11F3N2O/c1-7-2-3-8(6-9(7)11(12,13)14)16-5-4-15-10(16)17/h2-3,6H,4-5H2,1H3,(H,15,17). The van der Waals surface area contributed by atoms with Crippen LogP contribution < -0.4 is 10.2 Å². The van der Waals surface area contributed by atoms with Crippen molar-refractivity contribution in [1.82, 2.24) is 5.32 Å². The molecule has 0 bridgehead atoms. The Labute approximate surface area is 96.2 Å². The summed E-state index contributed by atoms with van der Waals surface area (Å²) >= 11 is 0. The first-order valence-corrected chi connectivity index (χ1v) is 5.13. The van der Waals surface area contributed by atoms with Crippen molar-refractivity contribution in [2.45, 2.75) is 13.1 Å². The van der Waals surface area contributed by atoms with Crippen LogP contribution in [0.25, 0.3) is 0 Å². The third-order valence-corrected chi connectivity index (χ3v) is 2.70. The lowest BCUT2D eigenvalue weighted by Crippen LogP contribution is -2.28. The highest BCUT2D eigenvalue weighted by Gasteiger charge is 2.33. The van der Waals surface area contributed by atoms with Crippen molar-refractivity contribution in [2.24, 2.45) is 0 Å². The van der Waals surface area contributed by atoms with E-state index in [9.17, 15) is 18.0 Å². The van der Waals surface area contributed by atoms with Crippen LogP contribution in [0.5, 0.6) is 0 Å². The Balaban J connectivity index is 2.41. The number of nitrogens with one attached hydrogen (secondary N) is 1. The van der Waals surface area contributed by atoms with E-state index in [1.807, 2.05) is 0 Å². The highest BCUT2D eigenvalue weighted by Crippen LogP contribution is 2.34. The number of hydrogen-bond donors (Lipinski definition) is 1. The Morgan fingerprint density at radius 3 is 2.59 bits per heavy atom. The van der Waals surface area contributed by atoms with E-state index >= 15 is 0 Å². The average molecular weight is 244 g/mol. The van der Waals surface area contributed by atoms with Crippen molar-refractivity contribution in [2.75, 3.05) is 18.0 Å². The van der Waals surface area contributed by atoms with Gasteiger partial charge in [0.1, 0.15) is 0 Å². The van der Waals surface area contributed by atoms with Crippen molar-refractivity contribution in [1.29, 1.82) is 0 Å². The van der Waals surface area contributed by atoms with Gasteiger partial charge >= 0.3 is 12.2 Å². The van der Waals surface area contributed by atoms with Gasteiger partial charge in [0.15, 0.2) is 0 Å². The van der Waals surface area contributed by atoms with Gasteiger partial charge in [-0.1, -0.05) is 6.07 Å². The number of aryl methyl sites for hydroxylation is 1. The molecule has 0 unspecified atom stereocenters. The summed E-state index contributed by atoms with van der Waals surface area (Å²) in [5.74, 6) is 0. The van der Waals surface area contributed by atoms with Crippen molar-refractivity contribution < 1.29 is 18.0 Å². The molecule has 1 N–H and O–H groups in total. The first kappa shape index (κ1) is 11.8. The van der Waals surface area contributed by atoms with Gasteiger partial charge in [-0.05, 0) is 24.6 Å². The van der Waals surface area contributed by atoms with E-state index < -0.39 is 11.7 Å². The lowest BCUT2D eigenvalue weighted by molar-refractivity contribution is -0.138. The largest absolute Gasteiger partial charge is 0.416 e. The molecule has 1 saturated heterocycles. The van der Waals surface area contributed by atoms with E-state index in [1.54, 1.807) is 0 Å². The van der Waals surface area contributed by atoms with Gasteiger partial charge in [0, 0.05) is 18.8 Å². The average Bonchev–Trinajstić information content (AvgIpc) is 2.63. The maximum absolute atomic E-state index is 12.7. The van der Waals surface area contributed by atoms with Crippen LogP contribution in [-0.2, 0) is 6.18 Å². The number of halogens is 3. The summed E-state index contributed by atoms with van der Waals surface area (Å²) in [4.78, 5) is 12.7. The SMILES string of the molecule is Cc1ccc(N2CCNC2=O)cc1C(F)(F)F. The summed E-state index contributed by atoms with van der Waals surface area (Å²) in [6.45, 7) is 2.24. The molecular formula is C11H11F3N2O. The van der Waals surface area contributed by atoms with Crippen molar-refractivity contribution in [3.8, 4) is 0 Å². The third-order valence-electron chi connectivity index (χ3n) is 2.70. The van der Waals surface area contributed by atoms with E-state index in [1.165, 1.54) is 24.0 Å². The second-order valence-corrected chi connectivity index (χ2v) is 3.88. The Bertz CT molecular complexity index is 457. The molecule has 0 aliphatic carbocycles. The minimum Gasteiger partial charge on any atom is -0.336 e. The van der Waals surface area contributed by atoms with Gasteiger partial charge in [0.25, 0.3) is 0 Å². The number of carbonyl (C=O) groups is 1. The van der Waals surface area contributed by atoms with Crippen LogP contribution in [0, 0.1) is 6.92 Å². The highest BCUT2D eigenvalue weighted by atomic mass is 19.4. The molecule has 0 aromatic heterocycles. The summed E-state index contributed by atoms with van der Waals surface area (Å²) in [6, 6.07) is 3.56. The number of amides is 2. The number of alkyl halides is 3. The Morgan fingerprint density at radius 1 is 1.35 bits per heavy atom. The normalized spacial score (nSPS) is 16.2. The van der Waals surface area contributed by atoms with Crippen LogP contribution in [0.3, 0.4) is 0 Å². The van der Waals surface area contributed by atoms with Gasteiger partial charge in [0.05, 0.1) is 5.56 Å². The smallest absolute Gasteiger partial charge is 0.336 e. The lowest BCUT2D eigenvalue weighted by atomic mass is 10.1. The summed E-state index contributed by atoms with van der Waals surface area (Å²) in [6.07, 6.45) is -4.39. The maximum Gasteiger partial charge on any atom is 0.416 e. The number of hydrogen-bond acceptors (Lipinski definition) is 1. The molecular weight excluding hydrogens is 233 g/mol. The molecule has 1 aromatic rings. The molecule has 1 aliphatic heterocycles. The zero-order valence-corrected chi connectivity index (χ0v) is 9.14. The second kappa shape index (κ2) is 3.94. The minimum atomic E-state index is -4.39. The summed E-state index contributed by atoms with van der Waals surface area (Å²) in [5.41, 5.74) is -0.270. The first-order chi connectivity index (χ1) is 7.89. The predicted molar refractivity (Wildman–Crippen MR) is 56.9 cm³/mol. The third kappa shape index (κ3) is 2.20. The molecule has 1 aromatic carbocycles. The zero-order valence-electron chi connectivity index (χ0n) is 9.14. The highest BCUT2D eigenvalue weighted by molar-refractivity contribution is 5.94. The van der Waals surface area contributed by atoms with Gasteiger partial charge < -0.3 is 5.32 Å². The molecule has 0 saturated carbocycles. The summed E-state index contributed by atoms with van der Waals surface area (Å²) in [5, 5.41) is 2.55. The Morgan fingerprint density at radius 2 is 2.06 bits per heavy atom. The number of rotatable bonds is 1. The van der Waals surface area contributed by atoms with Crippen molar-refractivity contribution >= 4 is 11.7 Å². The second-order valence-electron chi connectivity index (χ2n) is 3.88. The number of nitrogens with zero attached hydrogens (tertiary/aromatic N) is 1. The van der Waals surface area contributed by atoms with Crippen molar-refractivity contribution in [3.05, 3.63) is 29.3 Å². The number of anilines is 1. The number of carbonyl (C=O) groups excluding carboxylic acids is 1. The van der Waals surface area contributed by atoms with Crippen LogP contribution in [0.1, 0.15) is 11.1 Å². The molecule has 17 heavy (non-hydrogen) atoms. The summed E-state index contributed by atoms with van der Waals surface area (Å²) < 4.78 is 38.1. The van der Waals surface area contributed by atoms with E-state index in [4.69, 9.17) is 0 Å². The Hall–Kier alpha value is -1.72. The molecule has 0 atom stereocenters. The van der Waals surface area contributed by atoms with Crippen LogP contribution in [-0.4, -0.2) is 19.1 Å². The molecule has 2 rings (SSSR count). The van der Waals surface area contributed by atoms with E-state index in [2.05, 4.69) is 5.32 Å². The van der Waals surface area contributed by atoms with E-state index in [0.29, 0.717) is 13.1 Å². The van der Waals surface area contributed by atoms with Gasteiger partial charge in [-0.25, -0.2) is 4.79 Å². The molecule has 2 amide bonds. The minimum absolute atomic E-state index is 0.154. The topological polar surface area (TPSA) is 32.3 Å². The molecule has 92 valence electrons. The predicted octanol–water partition coefficient (Wildman–Crippen LogP) is 2.54. The van der Waals surface area contributed by atoms with E-state index in [-0.39, 0.29) is 17.3 Å². The first-order valence-electron chi connectivity index (χ1n) is 5.13. The molecule has 0 radical (unpaired) electrons. The quantitative estimate of drug-likeness (QED) is 0.809. The summed E-state index contributed by atoms with van der Waals surface area (Å²) in [7, 11) is 0. The van der Waals surface area contributed by atoms with Gasteiger partial charge in [-0.3, -0.25) is 4.90 Å². The maximum atomic E-state index is 12.7. The van der Waals surface area contributed by atoms with Crippen LogP contribution in [0.15, 0.2) is 18.2 Å². The molecule has 1 heterocycles. The molecule has 1 fully saturated rings. The number of urea groups is 1. The van der Waals surface area contributed by atoms with Gasteiger partial charge in [-0.15, -0.1) is 0 Å². The van der Waals surface area contributed by atoms with Crippen molar-refractivity contribution in [3.63, 3.8) is 0 Å². The number of benzene rings is 1. The molecule has 3 nitrogen and oxygen atoms in total. The van der Waals surface area contributed by atoms with Gasteiger partial charge in [-0.2, -0.15) is 13.2 Å². The Kier molecular flexibility index (Phi) is 2.73. The fourth-order valence-electron chi connectivity index (χ4n) is 1.80. The zero-order chi connectivity index (χ0) is 12.6.